The summed E-state index contributed by atoms with van der Waals surface area (Å²) in [5, 5.41) is 13.1. The van der Waals surface area contributed by atoms with Crippen LogP contribution in [0.1, 0.15) is 5.56 Å². The third kappa shape index (κ3) is 3.53. The summed E-state index contributed by atoms with van der Waals surface area (Å²) in [6, 6.07) is 15.2. The van der Waals surface area contributed by atoms with Crippen molar-refractivity contribution in [2.75, 3.05) is 7.11 Å². The summed E-state index contributed by atoms with van der Waals surface area (Å²) in [5.41, 5.74) is 0.358. The predicted octanol–water partition coefficient (Wildman–Crippen LogP) is 3.44. The molecule has 0 amide bonds. The number of hydrogen-bond donors (Lipinski definition) is 2. The summed E-state index contributed by atoms with van der Waals surface area (Å²) >= 11 is 0. The molecule has 3 heterocycles. The molecule has 0 atom stereocenters. The Balaban J connectivity index is 1.88. The maximum absolute atomic E-state index is 15.0. The van der Waals surface area contributed by atoms with E-state index in [0.717, 1.165) is 6.07 Å². The predicted molar refractivity (Wildman–Crippen MR) is 125 cm³/mol. The van der Waals surface area contributed by atoms with Gasteiger partial charge in [0.2, 0.25) is 0 Å². The summed E-state index contributed by atoms with van der Waals surface area (Å²) in [4.78, 5) is 30.9. The van der Waals surface area contributed by atoms with Gasteiger partial charge in [-0.3, -0.25) is 19.7 Å². The van der Waals surface area contributed by atoms with Crippen molar-refractivity contribution < 1.29 is 14.2 Å². The minimum atomic E-state index is -0.686. The lowest BCUT2D eigenvalue weighted by molar-refractivity contribution is 0.411. The van der Waals surface area contributed by atoms with Gasteiger partial charge < -0.3 is 14.4 Å². The highest BCUT2D eigenvalue weighted by molar-refractivity contribution is 5.93. The van der Waals surface area contributed by atoms with E-state index in [1.54, 1.807) is 48.8 Å². The Labute approximate surface area is 192 Å². The second-order valence-corrected chi connectivity index (χ2v) is 7.66. The second-order valence-electron chi connectivity index (χ2n) is 7.66. The second kappa shape index (κ2) is 8.36. The van der Waals surface area contributed by atoms with Gasteiger partial charge in [-0.1, -0.05) is 18.2 Å². The molecule has 0 saturated heterocycles. The van der Waals surface area contributed by atoms with Crippen LogP contribution in [0.2, 0.25) is 0 Å². The highest BCUT2D eigenvalue weighted by Gasteiger charge is 2.23. The van der Waals surface area contributed by atoms with E-state index < -0.39 is 16.9 Å². The maximum atomic E-state index is 15.0. The van der Waals surface area contributed by atoms with E-state index in [0.29, 0.717) is 17.0 Å². The van der Waals surface area contributed by atoms with Gasteiger partial charge in [0.25, 0.3) is 11.1 Å². The van der Waals surface area contributed by atoms with E-state index in [1.807, 2.05) is 0 Å². The molecule has 0 saturated carbocycles. The van der Waals surface area contributed by atoms with Gasteiger partial charge in [0.15, 0.2) is 0 Å². The highest BCUT2D eigenvalue weighted by atomic mass is 19.1. The quantitative estimate of drug-likeness (QED) is 0.420. The fourth-order valence-electron chi connectivity index (χ4n) is 4.02. The topological polar surface area (TPSA) is 102 Å². The molecular formula is C25H19FN4O4. The van der Waals surface area contributed by atoms with Crippen molar-refractivity contribution in [2.45, 2.75) is 6.54 Å². The lowest BCUT2D eigenvalue weighted by Gasteiger charge is -2.14. The van der Waals surface area contributed by atoms with Crippen molar-refractivity contribution in [1.29, 1.82) is 0 Å². The first-order valence-corrected chi connectivity index (χ1v) is 10.4. The van der Waals surface area contributed by atoms with Gasteiger partial charge in [0, 0.05) is 24.0 Å². The molecule has 0 aliphatic carbocycles. The number of benzene rings is 2. The molecule has 170 valence electrons. The number of aromatic amines is 1. The van der Waals surface area contributed by atoms with Crippen LogP contribution in [0.25, 0.3) is 27.8 Å². The number of aromatic hydroxyl groups is 1. The number of nitrogens with zero attached hydrogens (tertiary/aromatic N) is 3. The van der Waals surface area contributed by atoms with E-state index >= 15 is 4.39 Å². The van der Waals surface area contributed by atoms with Crippen molar-refractivity contribution in [1.82, 2.24) is 19.3 Å². The molecule has 34 heavy (non-hydrogen) atoms. The number of para-hydroxylation sites is 2. The zero-order valence-corrected chi connectivity index (χ0v) is 18.0. The molecule has 3 aromatic heterocycles. The average molecular weight is 458 g/mol. The Morgan fingerprint density at radius 2 is 1.91 bits per heavy atom. The molecule has 0 aliphatic heterocycles. The third-order valence-corrected chi connectivity index (χ3v) is 5.55. The molecule has 0 unspecified atom stereocenters. The molecular weight excluding hydrogens is 439 g/mol. The molecule has 0 spiro atoms. The maximum Gasteiger partial charge on any atom is 0.281 e. The van der Waals surface area contributed by atoms with Gasteiger partial charge in [0.1, 0.15) is 23.0 Å². The van der Waals surface area contributed by atoms with E-state index in [2.05, 4.69) is 10.1 Å². The van der Waals surface area contributed by atoms with Crippen LogP contribution in [0.15, 0.2) is 82.6 Å². The van der Waals surface area contributed by atoms with E-state index in [9.17, 15) is 14.7 Å². The van der Waals surface area contributed by atoms with Crippen LogP contribution < -0.4 is 15.9 Å². The number of aromatic nitrogens is 4. The molecule has 5 rings (SSSR count). The Bertz CT molecular complexity index is 1640. The van der Waals surface area contributed by atoms with Crippen LogP contribution in [0, 0.1) is 5.82 Å². The number of methoxy groups -OCH3 is 1. The lowest BCUT2D eigenvalue weighted by atomic mass is 10.1. The van der Waals surface area contributed by atoms with Gasteiger partial charge >= 0.3 is 0 Å². The Morgan fingerprint density at radius 1 is 1.09 bits per heavy atom. The number of hydrogen-bond acceptors (Lipinski definition) is 5. The minimum Gasteiger partial charge on any atom is -0.508 e. The average Bonchev–Trinajstić information content (AvgIpc) is 3.17. The lowest BCUT2D eigenvalue weighted by Crippen LogP contribution is -2.24. The fraction of sp³-hybridized carbons (Fsp3) is 0.0800. The number of nitrogens with one attached hydrogen (secondary N) is 1. The largest absolute Gasteiger partial charge is 0.508 e. The molecule has 0 aliphatic rings. The SMILES string of the molecule is COc1ccccc1-n1[nH]c2cc(=O)n(Cc3cccnc3)c(-c3cc(O)ccc3F)c2c1=O. The van der Waals surface area contributed by atoms with Gasteiger partial charge in [-0.05, 0) is 42.0 Å². The number of phenolic OH excluding ortho intramolecular Hbond substituents is 1. The Morgan fingerprint density at radius 3 is 2.68 bits per heavy atom. The molecule has 2 aromatic carbocycles. The van der Waals surface area contributed by atoms with Gasteiger partial charge in [0.05, 0.1) is 30.3 Å². The van der Waals surface area contributed by atoms with Crippen molar-refractivity contribution in [3.8, 4) is 28.4 Å². The molecule has 2 N–H and O–H groups in total. The van der Waals surface area contributed by atoms with Crippen molar-refractivity contribution in [3.05, 3.63) is 105 Å². The monoisotopic (exact) mass is 458 g/mol. The number of ether oxygens (including phenoxy) is 1. The zero-order chi connectivity index (χ0) is 23.8. The van der Waals surface area contributed by atoms with Crippen LogP contribution in [0.4, 0.5) is 4.39 Å². The third-order valence-electron chi connectivity index (χ3n) is 5.55. The van der Waals surface area contributed by atoms with E-state index in [-0.39, 0.29) is 34.5 Å². The first-order valence-electron chi connectivity index (χ1n) is 10.4. The van der Waals surface area contributed by atoms with Crippen molar-refractivity contribution in [2.24, 2.45) is 0 Å². The van der Waals surface area contributed by atoms with Gasteiger partial charge in [-0.25, -0.2) is 9.07 Å². The number of halogens is 1. The first-order chi connectivity index (χ1) is 16.5. The number of phenols is 1. The zero-order valence-electron chi connectivity index (χ0n) is 18.0. The minimum absolute atomic E-state index is 0.0479. The number of rotatable bonds is 5. The fourth-order valence-corrected chi connectivity index (χ4v) is 4.02. The summed E-state index contributed by atoms with van der Waals surface area (Å²) < 4.78 is 23.0. The van der Waals surface area contributed by atoms with E-state index in [1.165, 1.54) is 34.6 Å². The molecule has 0 radical (unpaired) electrons. The molecule has 0 fully saturated rings. The van der Waals surface area contributed by atoms with Gasteiger partial charge in [-0.2, -0.15) is 0 Å². The van der Waals surface area contributed by atoms with Crippen molar-refractivity contribution >= 4 is 10.9 Å². The highest BCUT2D eigenvalue weighted by Crippen LogP contribution is 2.31. The summed E-state index contributed by atoms with van der Waals surface area (Å²) in [5.74, 6) is -0.449. The van der Waals surface area contributed by atoms with Crippen molar-refractivity contribution in [3.63, 3.8) is 0 Å². The Kier molecular flexibility index (Phi) is 5.21. The van der Waals surface area contributed by atoms with Crippen LogP contribution in [-0.4, -0.2) is 31.5 Å². The Hall–Kier alpha value is -4.66. The molecule has 9 heteroatoms. The smallest absolute Gasteiger partial charge is 0.281 e. The normalized spacial score (nSPS) is 11.1. The van der Waals surface area contributed by atoms with Crippen LogP contribution >= 0.6 is 0 Å². The first kappa shape index (κ1) is 21.2. The van der Waals surface area contributed by atoms with Crippen LogP contribution in [-0.2, 0) is 6.54 Å². The number of pyridine rings is 2. The molecule has 8 nitrogen and oxygen atoms in total. The standard InChI is InChI=1S/C25H19FN4O4/c1-34-21-7-3-2-6-20(21)30-25(33)23-19(28-30)12-22(32)29(14-15-5-4-10-27-13-15)24(23)17-11-16(31)8-9-18(17)26/h2-13,28,31H,14H2,1H3. The molecule has 5 aromatic rings. The summed E-state index contributed by atoms with van der Waals surface area (Å²) in [6.07, 6.45) is 3.19. The summed E-state index contributed by atoms with van der Waals surface area (Å²) in [6.45, 7) is 0.0479. The number of fused-ring (bicyclic) bond motifs is 1. The van der Waals surface area contributed by atoms with Crippen LogP contribution in [0.3, 0.4) is 0 Å². The van der Waals surface area contributed by atoms with Crippen LogP contribution in [0.5, 0.6) is 11.5 Å². The van der Waals surface area contributed by atoms with Gasteiger partial charge in [-0.15, -0.1) is 0 Å². The number of H-pyrrole nitrogens is 1. The molecule has 0 bridgehead atoms. The van der Waals surface area contributed by atoms with E-state index in [4.69, 9.17) is 4.74 Å². The summed E-state index contributed by atoms with van der Waals surface area (Å²) in [7, 11) is 1.48.